The number of oxazole rings is 1. The van der Waals surface area contributed by atoms with E-state index in [0.717, 1.165) is 41.7 Å². The van der Waals surface area contributed by atoms with Gasteiger partial charge < -0.3 is 19.0 Å². The van der Waals surface area contributed by atoms with Gasteiger partial charge >= 0.3 is 0 Å². The lowest BCUT2D eigenvalue weighted by molar-refractivity contribution is 0.0565. The first-order valence-electron chi connectivity index (χ1n) is 10.7. The van der Waals surface area contributed by atoms with Crippen molar-refractivity contribution in [2.24, 2.45) is 0 Å². The number of methoxy groups -OCH3 is 1. The number of nitrogens with one attached hydrogen (secondary N) is 1. The fourth-order valence-electron chi connectivity index (χ4n) is 4.36. The standard InChI is InChI=1S/C25H25N3O3/c1-30-23-12-7-10-20-19(23)15-21(27-20)25(29)28-13-6-5-11-22(28)24-26-16-18(31-24)14-17-8-3-2-4-9-17/h2-4,7-10,12,15-16,22,27H,5-6,11,13-14H2,1H3/t22-/m1/s1. The van der Waals surface area contributed by atoms with Gasteiger partial charge in [-0.25, -0.2) is 4.98 Å². The van der Waals surface area contributed by atoms with Gasteiger partial charge in [-0.05, 0) is 43.0 Å². The zero-order valence-electron chi connectivity index (χ0n) is 17.5. The number of carbonyl (C=O) groups is 1. The van der Waals surface area contributed by atoms with Gasteiger partial charge in [-0.2, -0.15) is 0 Å². The van der Waals surface area contributed by atoms with E-state index in [2.05, 4.69) is 22.1 Å². The summed E-state index contributed by atoms with van der Waals surface area (Å²) in [5.41, 5.74) is 2.62. The maximum absolute atomic E-state index is 13.4. The summed E-state index contributed by atoms with van der Waals surface area (Å²) >= 11 is 0. The number of carbonyl (C=O) groups excluding carboxylic acids is 1. The largest absolute Gasteiger partial charge is 0.496 e. The molecule has 1 fully saturated rings. The molecule has 6 heteroatoms. The van der Waals surface area contributed by atoms with Crippen molar-refractivity contribution < 1.29 is 13.9 Å². The lowest BCUT2D eigenvalue weighted by atomic mass is 10.0. The molecule has 0 unspecified atom stereocenters. The summed E-state index contributed by atoms with van der Waals surface area (Å²) in [5, 5.41) is 0.906. The summed E-state index contributed by atoms with van der Waals surface area (Å²) in [6, 6.07) is 17.7. The summed E-state index contributed by atoms with van der Waals surface area (Å²) in [5.74, 6) is 2.15. The van der Waals surface area contributed by atoms with Crippen LogP contribution in [0, 0.1) is 0 Å². The molecule has 3 heterocycles. The van der Waals surface area contributed by atoms with E-state index in [1.54, 1.807) is 13.3 Å². The maximum atomic E-state index is 13.4. The third-order valence-electron chi connectivity index (χ3n) is 5.92. The SMILES string of the molecule is COc1cccc2[nH]c(C(=O)N3CCCC[C@@H]3c3ncc(Cc4ccccc4)o3)cc12. The van der Waals surface area contributed by atoms with Gasteiger partial charge in [0, 0.05) is 23.9 Å². The molecule has 1 aliphatic rings. The second kappa shape index (κ2) is 8.30. The quantitative estimate of drug-likeness (QED) is 0.491. The van der Waals surface area contributed by atoms with E-state index in [-0.39, 0.29) is 11.9 Å². The second-order valence-corrected chi connectivity index (χ2v) is 7.94. The van der Waals surface area contributed by atoms with Crippen LogP contribution in [0.25, 0.3) is 10.9 Å². The Hall–Kier alpha value is -3.54. The number of piperidine rings is 1. The van der Waals surface area contributed by atoms with Crippen molar-refractivity contribution in [3.05, 3.63) is 83.7 Å². The van der Waals surface area contributed by atoms with Crippen molar-refractivity contribution in [3.8, 4) is 5.75 Å². The van der Waals surface area contributed by atoms with Gasteiger partial charge in [0.15, 0.2) is 0 Å². The highest BCUT2D eigenvalue weighted by Gasteiger charge is 2.32. The molecule has 158 valence electrons. The molecule has 6 nitrogen and oxygen atoms in total. The van der Waals surface area contributed by atoms with E-state index in [1.807, 2.05) is 47.4 Å². The molecule has 2 aromatic heterocycles. The molecule has 5 rings (SSSR count). The van der Waals surface area contributed by atoms with E-state index >= 15 is 0 Å². The van der Waals surface area contributed by atoms with Crippen LogP contribution in [0.15, 0.2) is 65.2 Å². The minimum atomic E-state index is -0.154. The van der Waals surface area contributed by atoms with Crippen LogP contribution in [0.2, 0.25) is 0 Å². The van der Waals surface area contributed by atoms with Crippen LogP contribution in [0.5, 0.6) is 5.75 Å². The van der Waals surface area contributed by atoms with Gasteiger partial charge in [-0.15, -0.1) is 0 Å². The zero-order chi connectivity index (χ0) is 21.2. The number of amides is 1. The number of ether oxygens (including phenoxy) is 1. The van der Waals surface area contributed by atoms with Crippen LogP contribution >= 0.6 is 0 Å². The Bertz CT molecular complexity index is 1200. The van der Waals surface area contributed by atoms with Gasteiger partial charge in [-0.1, -0.05) is 36.4 Å². The van der Waals surface area contributed by atoms with Crippen LogP contribution < -0.4 is 4.74 Å². The Morgan fingerprint density at radius 3 is 2.90 bits per heavy atom. The first-order valence-corrected chi connectivity index (χ1v) is 10.7. The van der Waals surface area contributed by atoms with Gasteiger partial charge in [0.2, 0.25) is 5.89 Å². The smallest absolute Gasteiger partial charge is 0.270 e. The fourth-order valence-corrected chi connectivity index (χ4v) is 4.36. The van der Waals surface area contributed by atoms with Crippen LogP contribution in [0.3, 0.4) is 0 Å². The predicted molar refractivity (Wildman–Crippen MR) is 118 cm³/mol. The molecule has 0 aliphatic carbocycles. The van der Waals surface area contributed by atoms with Gasteiger partial charge in [-0.3, -0.25) is 4.79 Å². The van der Waals surface area contributed by atoms with Crippen molar-refractivity contribution in [1.29, 1.82) is 0 Å². The van der Waals surface area contributed by atoms with E-state index < -0.39 is 0 Å². The molecule has 1 amide bonds. The normalized spacial score (nSPS) is 16.5. The van der Waals surface area contributed by atoms with Crippen molar-refractivity contribution in [2.75, 3.05) is 13.7 Å². The highest BCUT2D eigenvalue weighted by Crippen LogP contribution is 2.33. The number of benzene rings is 2. The molecule has 0 radical (unpaired) electrons. The minimum Gasteiger partial charge on any atom is -0.496 e. The molecule has 4 aromatic rings. The molecule has 0 spiro atoms. The lowest BCUT2D eigenvalue weighted by Crippen LogP contribution is -2.38. The van der Waals surface area contributed by atoms with Crippen molar-refractivity contribution >= 4 is 16.8 Å². The van der Waals surface area contributed by atoms with Crippen LogP contribution in [-0.2, 0) is 6.42 Å². The first-order chi connectivity index (χ1) is 15.2. The Kier molecular flexibility index (Phi) is 5.20. The Morgan fingerprint density at radius 1 is 1.19 bits per heavy atom. The number of hydrogen-bond acceptors (Lipinski definition) is 4. The van der Waals surface area contributed by atoms with Gasteiger partial charge in [0.1, 0.15) is 23.2 Å². The van der Waals surface area contributed by atoms with E-state index in [4.69, 9.17) is 9.15 Å². The van der Waals surface area contributed by atoms with Crippen LogP contribution in [0.1, 0.15) is 53.0 Å². The minimum absolute atomic E-state index is 0.0363. The maximum Gasteiger partial charge on any atom is 0.270 e. The molecule has 0 bridgehead atoms. The van der Waals surface area contributed by atoms with Crippen molar-refractivity contribution in [3.63, 3.8) is 0 Å². The average Bonchev–Trinajstić information content (AvgIpc) is 3.46. The number of likely N-dealkylation sites (tertiary alicyclic amines) is 1. The molecule has 2 aromatic carbocycles. The third-order valence-corrected chi connectivity index (χ3v) is 5.92. The van der Waals surface area contributed by atoms with E-state index in [9.17, 15) is 4.79 Å². The first kappa shape index (κ1) is 19.4. The summed E-state index contributed by atoms with van der Waals surface area (Å²) < 4.78 is 11.5. The molecule has 1 atom stereocenters. The number of H-pyrrole nitrogens is 1. The monoisotopic (exact) mass is 415 g/mol. The molecular formula is C25H25N3O3. The van der Waals surface area contributed by atoms with Crippen molar-refractivity contribution in [2.45, 2.75) is 31.7 Å². The average molecular weight is 415 g/mol. The molecule has 1 N–H and O–H groups in total. The number of rotatable bonds is 5. The van der Waals surface area contributed by atoms with E-state index in [1.165, 1.54) is 5.56 Å². The number of aromatic amines is 1. The lowest BCUT2D eigenvalue weighted by Gasteiger charge is -2.33. The molecule has 1 aliphatic heterocycles. The van der Waals surface area contributed by atoms with Crippen molar-refractivity contribution in [1.82, 2.24) is 14.9 Å². The molecule has 1 saturated heterocycles. The molecule has 31 heavy (non-hydrogen) atoms. The summed E-state index contributed by atoms with van der Waals surface area (Å²) in [6.45, 7) is 0.687. The highest BCUT2D eigenvalue weighted by atomic mass is 16.5. The number of aromatic nitrogens is 2. The third kappa shape index (κ3) is 3.81. The molecular weight excluding hydrogens is 390 g/mol. The van der Waals surface area contributed by atoms with Gasteiger partial charge in [0.25, 0.3) is 5.91 Å². The summed E-state index contributed by atoms with van der Waals surface area (Å²) in [4.78, 5) is 23.1. The topological polar surface area (TPSA) is 71.4 Å². The Morgan fingerprint density at radius 2 is 2.06 bits per heavy atom. The Balaban J connectivity index is 1.40. The number of fused-ring (bicyclic) bond motifs is 1. The zero-order valence-corrected chi connectivity index (χ0v) is 17.5. The summed E-state index contributed by atoms with van der Waals surface area (Å²) in [6.07, 6.45) is 5.35. The Labute approximate surface area is 180 Å². The predicted octanol–water partition coefficient (Wildman–Crippen LogP) is 5.12. The molecule has 0 saturated carbocycles. The number of nitrogens with zero attached hydrogens (tertiary/aromatic N) is 2. The second-order valence-electron chi connectivity index (χ2n) is 7.94. The van der Waals surface area contributed by atoms with E-state index in [0.29, 0.717) is 24.6 Å². The summed E-state index contributed by atoms with van der Waals surface area (Å²) in [7, 11) is 1.64. The van der Waals surface area contributed by atoms with Crippen LogP contribution in [0.4, 0.5) is 0 Å². The van der Waals surface area contributed by atoms with Crippen LogP contribution in [-0.4, -0.2) is 34.4 Å². The van der Waals surface area contributed by atoms with Gasteiger partial charge in [0.05, 0.1) is 13.3 Å². The highest BCUT2D eigenvalue weighted by molar-refractivity contribution is 5.99. The fraction of sp³-hybridized carbons (Fsp3) is 0.280. The number of hydrogen-bond donors (Lipinski definition) is 1.